The molecule has 3 heteroatoms. The Morgan fingerprint density at radius 1 is 1.14 bits per heavy atom. The van der Waals surface area contributed by atoms with Crippen LogP contribution in [0.3, 0.4) is 0 Å². The van der Waals surface area contributed by atoms with E-state index in [9.17, 15) is 4.79 Å². The van der Waals surface area contributed by atoms with Gasteiger partial charge in [0.2, 0.25) is 0 Å². The molecular formula is C18H18O3. The van der Waals surface area contributed by atoms with Crippen molar-refractivity contribution < 1.29 is 14.6 Å². The maximum atomic E-state index is 10.5. The topological polar surface area (TPSA) is 46.5 Å². The van der Waals surface area contributed by atoms with Crippen molar-refractivity contribution in [2.45, 2.75) is 20.0 Å². The molecule has 2 rings (SSSR count). The van der Waals surface area contributed by atoms with E-state index in [0.717, 1.165) is 29.4 Å². The molecule has 0 aliphatic carbocycles. The van der Waals surface area contributed by atoms with Crippen LogP contribution in [0.15, 0.2) is 54.6 Å². The van der Waals surface area contributed by atoms with Crippen molar-refractivity contribution in [2.75, 3.05) is 0 Å². The highest BCUT2D eigenvalue weighted by Crippen LogP contribution is 2.15. The Kier molecular flexibility index (Phi) is 5.16. The lowest BCUT2D eigenvalue weighted by molar-refractivity contribution is -0.131. The summed E-state index contributed by atoms with van der Waals surface area (Å²) < 4.78 is 5.73. The van der Waals surface area contributed by atoms with Gasteiger partial charge in [-0.15, -0.1) is 0 Å². The number of carbonyl (C=O) groups is 1. The second-order valence-electron chi connectivity index (χ2n) is 4.70. The quantitative estimate of drug-likeness (QED) is 0.817. The van der Waals surface area contributed by atoms with Crippen molar-refractivity contribution in [2.24, 2.45) is 0 Å². The van der Waals surface area contributed by atoms with Gasteiger partial charge in [0.05, 0.1) is 0 Å². The smallest absolute Gasteiger partial charge is 0.328 e. The highest BCUT2D eigenvalue weighted by Gasteiger charge is 1.98. The second-order valence-corrected chi connectivity index (χ2v) is 4.70. The van der Waals surface area contributed by atoms with Gasteiger partial charge in [0.15, 0.2) is 0 Å². The summed E-state index contributed by atoms with van der Waals surface area (Å²) in [6.07, 6.45) is 3.71. The SMILES string of the molecule is CCc1ccc(OCc2cccc(C=CC(=O)O)c2)cc1. The van der Waals surface area contributed by atoms with Gasteiger partial charge < -0.3 is 9.84 Å². The molecule has 2 aromatic rings. The average Bonchev–Trinajstić information content (AvgIpc) is 2.52. The zero-order chi connectivity index (χ0) is 15.1. The first-order chi connectivity index (χ1) is 10.2. The summed E-state index contributed by atoms with van der Waals surface area (Å²) in [6, 6.07) is 15.7. The van der Waals surface area contributed by atoms with Gasteiger partial charge in [0, 0.05) is 6.08 Å². The molecule has 3 nitrogen and oxygen atoms in total. The number of rotatable bonds is 6. The van der Waals surface area contributed by atoms with E-state index >= 15 is 0 Å². The van der Waals surface area contributed by atoms with E-state index in [1.54, 1.807) is 6.08 Å². The molecule has 0 fully saturated rings. The first-order valence-corrected chi connectivity index (χ1v) is 6.89. The highest BCUT2D eigenvalue weighted by molar-refractivity contribution is 5.85. The van der Waals surface area contributed by atoms with Crippen molar-refractivity contribution in [1.82, 2.24) is 0 Å². The normalized spacial score (nSPS) is 10.7. The third-order valence-corrected chi connectivity index (χ3v) is 3.11. The van der Waals surface area contributed by atoms with Gasteiger partial charge in [-0.25, -0.2) is 4.79 Å². The second kappa shape index (κ2) is 7.29. The Hall–Kier alpha value is -2.55. The van der Waals surface area contributed by atoms with Crippen LogP contribution in [0.5, 0.6) is 5.75 Å². The molecule has 108 valence electrons. The van der Waals surface area contributed by atoms with Crippen LogP contribution in [0, 0.1) is 0 Å². The Morgan fingerprint density at radius 2 is 1.90 bits per heavy atom. The van der Waals surface area contributed by atoms with Gasteiger partial charge in [-0.1, -0.05) is 37.3 Å². The van der Waals surface area contributed by atoms with Crippen LogP contribution in [0.2, 0.25) is 0 Å². The van der Waals surface area contributed by atoms with E-state index in [4.69, 9.17) is 9.84 Å². The van der Waals surface area contributed by atoms with Crippen LogP contribution in [0.4, 0.5) is 0 Å². The van der Waals surface area contributed by atoms with E-state index in [0.29, 0.717) is 6.61 Å². The molecule has 0 heterocycles. The highest BCUT2D eigenvalue weighted by atomic mass is 16.5. The molecule has 0 aliphatic rings. The summed E-state index contributed by atoms with van der Waals surface area (Å²) in [5.74, 6) is -0.119. The molecule has 0 saturated carbocycles. The van der Waals surface area contributed by atoms with Gasteiger partial charge in [0.1, 0.15) is 12.4 Å². The summed E-state index contributed by atoms with van der Waals surface area (Å²) in [7, 11) is 0. The third-order valence-electron chi connectivity index (χ3n) is 3.11. The number of hydrogen-bond acceptors (Lipinski definition) is 2. The molecular weight excluding hydrogens is 264 g/mol. The number of benzene rings is 2. The van der Waals surface area contributed by atoms with Crippen molar-refractivity contribution in [3.8, 4) is 5.75 Å². The lowest BCUT2D eigenvalue weighted by atomic mass is 10.1. The Bertz CT molecular complexity index is 627. The van der Waals surface area contributed by atoms with E-state index < -0.39 is 5.97 Å². The van der Waals surface area contributed by atoms with Crippen LogP contribution in [0.25, 0.3) is 6.08 Å². The lowest BCUT2D eigenvalue weighted by Gasteiger charge is -2.07. The van der Waals surface area contributed by atoms with Crippen LogP contribution in [-0.2, 0) is 17.8 Å². The van der Waals surface area contributed by atoms with Crippen molar-refractivity contribution >= 4 is 12.0 Å². The average molecular weight is 282 g/mol. The molecule has 0 unspecified atom stereocenters. The Labute approximate surface area is 124 Å². The van der Waals surface area contributed by atoms with Gasteiger partial charge in [-0.3, -0.25) is 0 Å². The van der Waals surface area contributed by atoms with Crippen molar-refractivity contribution in [3.05, 3.63) is 71.3 Å². The predicted molar refractivity (Wildman–Crippen MR) is 83.3 cm³/mol. The first-order valence-electron chi connectivity index (χ1n) is 6.89. The molecule has 0 spiro atoms. The van der Waals surface area contributed by atoms with E-state index in [1.807, 2.05) is 36.4 Å². The van der Waals surface area contributed by atoms with Crippen LogP contribution in [-0.4, -0.2) is 11.1 Å². The van der Waals surface area contributed by atoms with Crippen LogP contribution < -0.4 is 4.74 Å². The summed E-state index contributed by atoms with van der Waals surface area (Å²) in [5, 5.41) is 8.63. The molecule has 0 amide bonds. The van der Waals surface area contributed by atoms with E-state index in [-0.39, 0.29) is 0 Å². The van der Waals surface area contributed by atoms with Crippen molar-refractivity contribution in [3.63, 3.8) is 0 Å². The molecule has 0 bridgehead atoms. The molecule has 0 aliphatic heterocycles. The number of carboxylic acids is 1. The van der Waals surface area contributed by atoms with Crippen LogP contribution >= 0.6 is 0 Å². The van der Waals surface area contributed by atoms with Gasteiger partial charge >= 0.3 is 5.97 Å². The lowest BCUT2D eigenvalue weighted by Crippen LogP contribution is -1.96. The van der Waals surface area contributed by atoms with Crippen molar-refractivity contribution in [1.29, 1.82) is 0 Å². The largest absolute Gasteiger partial charge is 0.489 e. The number of hydrogen-bond donors (Lipinski definition) is 1. The predicted octanol–water partition coefficient (Wildman–Crippen LogP) is 3.93. The van der Waals surface area contributed by atoms with E-state index in [1.165, 1.54) is 5.56 Å². The summed E-state index contributed by atoms with van der Waals surface area (Å²) in [6.45, 7) is 2.58. The number of ether oxygens (including phenoxy) is 1. The Balaban J connectivity index is 1.99. The fourth-order valence-electron chi connectivity index (χ4n) is 1.94. The number of carboxylic acid groups (broad SMARTS) is 1. The standard InChI is InChI=1S/C18H18O3/c1-2-14-6-9-17(10-7-14)21-13-16-5-3-4-15(12-16)8-11-18(19)20/h3-12H,2,13H2,1H3,(H,19,20). The monoisotopic (exact) mass is 282 g/mol. The van der Waals surface area contributed by atoms with Gasteiger partial charge in [0.25, 0.3) is 0 Å². The van der Waals surface area contributed by atoms with Crippen LogP contribution in [0.1, 0.15) is 23.6 Å². The fraction of sp³-hybridized carbons (Fsp3) is 0.167. The summed E-state index contributed by atoms with van der Waals surface area (Å²) >= 11 is 0. The third kappa shape index (κ3) is 4.80. The van der Waals surface area contributed by atoms with E-state index in [2.05, 4.69) is 19.1 Å². The zero-order valence-electron chi connectivity index (χ0n) is 12.0. The fourth-order valence-corrected chi connectivity index (χ4v) is 1.94. The number of aryl methyl sites for hydroxylation is 1. The molecule has 0 atom stereocenters. The zero-order valence-corrected chi connectivity index (χ0v) is 12.0. The molecule has 2 aromatic carbocycles. The molecule has 0 saturated heterocycles. The van der Waals surface area contributed by atoms with Gasteiger partial charge in [-0.2, -0.15) is 0 Å². The molecule has 21 heavy (non-hydrogen) atoms. The number of aliphatic carboxylic acids is 1. The summed E-state index contributed by atoms with van der Waals surface area (Å²) in [5.41, 5.74) is 3.13. The minimum atomic E-state index is -0.951. The molecule has 0 aromatic heterocycles. The molecule has 1 N–H and O–H groups in total. The Morgan fingerprint density at radius 3 is 2.57 bits per heavy atom. The summed E-state index contributed by atoms with van der Waals surface area (Å²) in [4.78, 5) is 10.5. The van der Waals surface area contributed by atoms with Gasteiger partial charge in [-0.05, 0) is 47.4 Å². The first kappa shape index (κ1) is 14.9. The minimum Gasteiger partial charge on any atom is -0.489 e. The maximum absolute atomic E-state index is 10.5. The maximum Gasteiger partial charge on any atom is 0.328 e. The minimum absolute atomic E-state index is 0.459. The molecule has 0 radical (unpaired) electrons.